The summed E-state index contributed by atoms with van der Waals surface area (Å²) in [5.41, 5.74) is 1.11. The molecule has 2 aromatic heterocycles. The van der Waals surface area contributed by atoms with Crippen molar-refractivity contribution in [1.82, 2.24) is 24.7 Å². The predicted molar refractivity (Wildman–Crippen MR) is 123 cm³/mol. The van der Waals surface area contributed by atoms with Crippen molar-refractivity contribution in [2.24, 2.45) is 7.05 Å². The van der Waals surface area contributed by atoms with Crippen molar-refractivity contribution in [3.8, 4) is 5.75 Å². The van der Waals surface area contributed by atoms with Gasteiger partial charge < -0.3 is 19.6 Å². The molecular weight excluding hydrogens is 428 g/mol. The van der Waals surface area contributed by atoms with Crippen LogP contribution in [0.5, 0.6) is 5.75 Å². The first-order chi connectivity index (χ1) is 15.4. The van der Waals surface area contributed by atoms with Crippen LogP contribution in [0.15, 0.2) is 58.5 Å². The molecule has 0 fully saturated rings. The Kier molecular flexibility index (Phi) is 6.22. The Morgan fingerprint density at radius 2 is 2.03 bits per heavy atom. The Bertz CT molecular complexity index is 1330. The molecule has 2 N–H and O–H groups in total. The number of nitrogens with one attached hydrogen (secondary N) is 2. The van der Waals surface area contributed by atoms with Gasteiger partial charge in [0.25, 0.3) is 5.56 Å². The number of hydrogen-bond donors (Lipinski definition) is 2. The van der Waals surface area contributed by atoms with Crippen LogP contribution in [0.4, 0.5) is 5.69 Å². The monoisotopic (exact) mass is 450 g/mol. The summed E-state index contributed by atoms with van der Waals surface area (Å²) in [5.74, 6) is 1.53. The second kappa shape index (κ2) is 9.23. The third-order valence-corrected chi connectivity index (χ3v) is 6.04. The number of rotatable bonds is 7. The van der Waals surface area contributed by atoms with E-state index in [1.807, 2.05) is 25.1 Å². The van der Waals surface area contributed by atoms with Crippen LogP contribution in [0.25, 0.3) is 10.9 Å². The summed E-state index contributed by atoms with van der Waals surface area (Å²) in [6.07, 6.45) is 0.0701. The van der Waals surface area contributed by atoms with Crippen molar-refractivity contribution in [1.29, 1.82) is 0 Å². The van der Waals surface area contributed by atoms with Crippen molar-refractivity contribution >= 4 is 34.3 Å². The summed E-state index contributed by atoms with van der Waals surface area (Å²) in [5, 5.41) is 12.2. The molecule has 0 bridgehead atoms. The zero-order valence-corrected chi connectivity index (χ0v) is 18.6. The summed E-state index contributed by atoms with van der Waals surface area (Å²) in [6.45, 7) is 1.93. The highest BCUT2D eigenvalue weighted by molar-refractivity contribution is 7.99. The van der Waals surface area contributed by atoms with Gasteiger partial charge in [-0.05, 0) is 31.2 Å². The Morgan fingerprint density at radius 1 is 1.22 bits per heavy atom. The minimum atomic E-state index is -0.209. The van der Waals surface area contributed by atoms with E-state index in [-0.39, 0.29) is 23.1 Å². The van der Waals surface area contributed by atoms with E-state index in [0.717, 1.165) is 0 Å². The molecule has 1 amide bonds. The number of aromatic nitrogens is 5. The van der Waals surface area contributed by atoms with Crippen molar-refractivity contribution in [3.05, 3.63) is 70.5 Å². The van der Waals surface area contributed by atoms with Crippen molar-refractivity contribution in [3.63, 3.8) is 0 Å². The molecule has 32 heavy (non-hydrogen) atoms. The molecule has 4 aromatic rings. The van der Waals surface area contributed by atoms with Gasteiger partial charge in [-0.2, -0.15) is 0 Å². The summed E-state index contributed by atoms with van der Waals surface area (Å²) in [6, 6.07) is 14.4. The lowest BCUT2D eigenvalue weighted by atomic mass is 10.2. The van der Waals surface area contributed by atoms with Gasteiger partial charge in [0.2, 0.25) is 5.91 Å². The number of para-hydroxylation sites is 1. The first-order valence-electron chi connectivity index (χ1n) is 9.92. The summed E-state index contributed by atoms with van der Waals surface area (Å²) < 4.78 is 6.94. The smallest absolute Gasteiger partial charge is 0.258 e. The highest BCUT2D eigenvalue weighted by Gasteiger charge is 2.18. The van der Waals surface area contributed by atoms with Gasteiger partial charge in [-0.3, -0.25) is 9.59 Å². The number of ether oxygens (including phenoxy) is 1. The first kappa shape index (κ1) is 21.6. The first-order valence-corrected chi connectivity index (χ1v) is 10.8. The van der Waals surface area contributed by atoms with Crippen LogP contribution in [0.3, 0.4) is 0 Å². The van der Waals surface area contributed by atoms with Crippen LogP contribution < -0.4 is 15.6 Å². The van der Waals surface area contributed by atoms with E-state index >= 15 is 0 Å². The molecule has 0 unspecified atom stereocenters. The molecule has 2 heterocycles. The van der Waals surface area contributed by atoms with Crippen LogP contribution in [0, 0.1) is 0 Å². The average Bonchev–Trinajstić information content (AvgIpc) is 3.12. The minimum absolute atomic E-state index is 0.0701. The summed E-state index contributed by atoms with van der Waals surface area (Å²) in [7, 11) is 3.38. The number of fused-ring (bicyclic) bond motifs is 1. The van der Waals surface area contributed by atoms with Gasteiger partial charge in [0.05, 0.1) is 29.7 Å². The Balaban J connectivity index is 1.45. The van der Waals surface area contributed by atoms with Crippen LogP contribution in [0.2, 0.25) is 0 Å². The molecule has 0 aliphatic rings. The SMILES string of the molecule is COc1cccc(NC(=O)Cc2nnc(S[C@H](C)c3nc4ccccc4c(=O)[nH]3)n2C)c1. The number of carbonyl (C=O) groups excluding carboxylic acids is 1. The second-order valence-corrected chi connectivity index (χ2v) is 8.45. The summed E-state index contributed by atoms with van der Waals surface area (Å²) in [4.78, 5) is 32.2. The van der Waals surface area contributed by atoms with Crippen LogP contribution in [0.1, 0.15) is 23.8 Å². The number of anilines is 1. The molecule has 0 saturated carbocycles. The van der Waals surface area contributed by atoms with Gasteiger partial charge in [0.15, 0.2) is 5.16 Å². The molecule has 0 aliphatic heterocycles. The largest absolute Gasteiger partial charge is 0.497 e. The average molecular weight is 451 g/mol. The van der Waals surface area contributed by atoms with Gasteiger partial charge in [0.1, 0.15) is 17.4 Å². The van der Waals surface area contributed by atoms with Crippen molar-refractivity contribution in [2.75, 3.05) is 12.4 Å². The molecule has 164 valence electrons. The maximum absolute atomic E-state index is 12.5. The predicted octanol–water partition coefficient (Wildman–Crippen LogP) is 3.09. The van der Waals surface area contributed by atoms with E-state index in [0.29, 0.717) is 39.1 Å². The number of methoxy groups -OCH3 is 1. The van der Waals surface area contributed by atoms with Gasteiger partial charge in [0, 0.05) is 18.8 Å². The quantitative estimate of drug-likeness (QED) is 0.416. The topological polar surface area (TPSA) is 115 Å². The molecule has 0 radical (unpaired) electrons. The minimum Gasteiger partial charge on any atom is -0.497 e. The highest BCUT2D eigenvalue weighted by Crippen LogP contribution is 2.32. The fourth-order valence-electron chi connectivity index (χ4n) is 3.16. The second-order valence-electron chi connectivity index (χ2n) is 7.14. The number of nitrogens with zero attached hydrogens (tertiary/aromatic N) is 4. The van der Waals surface area contributed by atoms with E-state index in [4.69, 9.17) is 4.74 Å². The van der Waals surface area contributed by atoms with Crippen molar-refractivity contribution < 1.29 is 9.53 Å². The van der Waals surface area contributed by atoms with Crippen LogP contribution in [-0.2, 0) is 18.3 Å². The molecule has 0 saturated heterocycles. The number of H-pyrrole nitrogens is 1. The molecular formula is C22H22N6O3S. The van der Waals surface area contributed by atoms with E-state index in [9.17, 15) is 9.59 Å². The highest BCUT2D eigenvalue weighted by atomic mass is 32.2. The molecule has 4 rings (SSSR count). The van der Waals surface area contributed by atoms with E-state index in [1.165, 1.54) is 11.8 Å². The van der Waals surface area contributed by atoms with Crippen molar-refractivity contribution in [2.45, 2.75) is 23.8 Å². The Morgan fingerprint density at radius 3 is 2.84 bits per heavy atom. The van der Waals surface area contributed by atoms with E-state index in [2.05, 4.69) is 25.5 Å². The fourth-order valence-corrected chi connectivity index (χ4v) is 4.05. The lowest BCUT2D eigenvalue weighted by molar-refractivity contribution is -0.115. The molecule has 1 atom stereocenters. The third-order valence-electron chi connectivity index (χ3n) is 4.90. The third kappa shape index (κ3) is 4.65. The zero-order valence-electron chi connectivity index (χ0n) is 17.8. The lowest BCUT2D eigenvalue weighted by Crippen LogP contribution is -2.17. The van der Waals surface area contributed by atoms with Gasteiger partial charge in [-0.25, -0.2) is 4.98 Å². The molecule has 0 spiro atoms. The number of thioether (sulfide) groups is 1. The Labute approximate surface area is 188 Å². The summed E-state index contributed by atoms with van der Waals surface area (Å²) >= 11 is 1.41. The molecule has 9 nitrogen and oxygen atoms in total. The molecule has 2 aromatic carbocycles. The number of amides is 1. The van der Waals surface area contributed by atoms with E-state index in [1.54, 1.807) is 49.1 Å². The maximum Gasteiger partial charge on any atom is 0.258 e. The van der Waals surface area contributed by atoms with E-state index < -0.39 is 0 Å². The maximum atomic E-state index is 12.5. The number of hydrogen-bond acceptors (Lipinski definition) is 7. The lowest BCUT2D eigenvalue weighted by Gasteiger charge is -2.11. The number of carbonyl (C=O) groups is 1. The van der Waals surface area contributed by atoms with Crippen LogP contribution in [-0.4, -0.2) is 37.7 Å². The number of benzene rings is 2. The van der Waals surface area contributed by atoms with Crippen LogP contribution >= 0.6 is 11.8 Å². The Hall–Kier alpha value is -3.66. The zero-order chi connectivity index (χ0) is 22.7. The van der Waals surface area contributed by atoms with Gasteiger partial charge in [-0.15, -0.1) is 10.2 Å². The number of aromatic amines is 1. The fraction of sp³-hybridized carbons (Fsp3) is 0.227. The molecule has 0 aliphatic carbocycles. The van der Waals surface area contributed by atoms with Gasteiger partial charge >= 0.3 is 0 Å². The normalized spacial score (nSPS) is 12.0. The molecule has 10 heteroatoms. The van der Waals surface area contributed by atoms with Gasteiger partial charge in [-0.1, -0.05) is 30.0 Å². The standard InChI is InChI=1S/C22H22N6O3S/c1-13(20-24-17-10-5-4-9-16(17)21(30)25-20)32-22-27-26-18(28(22)2)12-19(29)23-14-7-6-8-15(11-14)31-3/h4-11,13H,12H2,1-3H3,(H,23,29)(H,24,25,30)/t13-/m1/s1.